The number of hydrogen-bond donors (Lipinski definition) is 0. The molecule has 0 amide bonds. The van der Waals surface area contributed by atoms with Crippen molar-refractivity contribution in [2.24, 2.45) is 5.41 Å². The van der Waals surface area contributed by atoms with Crippen LogP contribution in [0.1, 0.15) is 33.6 Å². The Bertz CT molecular complexity index is 165. The van der Waals surface area contributed by atoms with E-state index in [1.807, 2.05) is 20.8 Å². The van der Waals surface area contributed by atoms with Crippen LogP contribution in [0.2, 0.25) is 0 Å². The number of carbonyl (C=O) groups is 1. The Morgan fingerprint density at radius 2 is 2.27 bits per heavy atom. The van der Waals surface area contributed by atoms with E-state index < -0.39 is 0 Å². The van der Waals surface area contributed by atoms with Gasteiger partial charge in [-0.1, -0.05) is 13.8 Å². The predicted octanol–water partition coefficient (Wildman–Crippen LogP) is 1.78. The van der Waals surface area contributed by atoms with E-state index in [9.17, 15) is 4.79 Å². The molecule has 0 aromatic rings. The van der Waals surface area contributed by atoms with E-state index in [-0.39, 0.29) is 11.5 Å². The second-order valence-electron chi connectivity index (χ2n) is 3.34. The number of Topliss-reactive ketones (excluding diaryl/α,β-unsaturated/α-hetero) is 1. The normalized spacial score (nSPS) is 37.0. The van der Waals surface area contributed by atoms with Crippen LogP contribution in [-0.4, -0.2) is 18.5 Å². The highest BCUT2D eigenvalue weighted by Gasteiger charge is 2.50. The lowest BCUT2D eigenvalue weighted by molar-refractivity contribution is -0.160. The molecule has 0 aromatic carbocycles. The average Bonchev–Trinajstić information content (AvgIpc) is 2.03. The Morgan fingerprint density at radius 1 is 1.64 bits per heavy atom. The molecule has 0 spiro atoms. The Labute approximate surface area is 67.9 Å². The highest BCUT2D eigenvalue weighted by atomic mass is 16.5. The summed E-state index contributed by atoms with van der Waals surface area (Å²) in [6.07, 6.45) is 1.71. The Kier molecular flexibility index (Phi) is 2.33. The first-order valence-electron chi connectivity index (χ1n) is 4.30. The summed E-state index contributed by atoms with van der Waals surface area (Å²) in [5, 5.41) is 0. The molecule has 11 heavy (non-hydrogen) atoms. The molecule has 64 valence electrons. The SMILES string of the molecule is CCOC1CC(=O)C1(C)CC. The van der Waals surface area contributed by atoms with Gasteiger partial charge in [0.15, 0.2) is 0 Å². The standard InChI is InChI=1S/C9H16O2/c1-4-9(3)7(10)6-8(9)11-5-2/h8H,4-6H2,1-3H3. The molecule has 1 saturated carbocycles. The number of hydrogen-bond acceptors (Lipinski definition) is 2. The van der Waals surface area contributed by atoms with Crippen LogP contribution in [0.3, 0.4) is 0 Å². The van der Waals surface area contributed by atoms with E-state index in [0.29, 0.717) is 18.8 Å². The highest BCUT2D eigenvalue weighted by molar-refractivity contribution is 5.91. The molecule has 0 N–H and O–H groups in total. The topological polar surface area (TPSA) is 26.3 Å². The number of ether oxygens (including phenoxy) is 1. The molecular formula is C9H16O2. The molecule has 0 saturated heterocycles. The number of rotatable bonds is 3. The van der Waals surface area contributed by atoms with Gasteiger partial charge < -0.3 is 4.74 Å². The number of carbonyl (C=O) groups excluding carboxylic acids is 1. The summed E-state index contributed by atoms with van der Waals surface area (Å²) in [7, 11) is 0. The van der Waals surface area contributed by atoms with E-state index >= 15 is 0 Å². The van der Waals surface area contributed by atoms with E-state index in [1.54, 1.807) is 0 Å². The Hall–Kier alpha value is -0.370. The second kappa shape index (κ2) is 2.94. The summed E-state index contributed by atoms with van der Waals surface area (Å²) in [6.45, 7) is 6.73. The first-order chi connectivity index (χ1) is 5.15. The molecule has 0 heterocycles. The van der Waals surface area contributed by atoms with Gasteiger partial charge in [0.05, 0.1) is 11.5 Å². The zero-order valence-corrected chi connectivity index (χ0v) is 7.52. The van der Waals surface area contributed by atoms with Gasteiger partial charge >= 0.3 is 0 Å². The molecule has 2 nitrogen and oxygen atoms in total. The largest absolute Gasteiger partial charge is 0.377 e. The van der Waals surface area contributed by atoms with Gasteiger partial charge in [0, 0.05) is 13.0 Å². The van der Waals surface area contributed by atoms with Crippen molar-refractivity contribution in [3.05, 3.63) is 0 Å². The third kappa shape index (κ3) is 1.20. The molecule has 0 aliphatic heterocycles. The van der Waals surface area contributed by atoms with Crippen molar-refractivity contribution in [1.82, 2.24) is 0 Å². The Balaban J connectivity index is 2.53. The molecule has 0 aromatic heterocycles. The van der Waals surface area contributed by atoms with Crippen LogP contribution in [0.5, 0.6) is 0 Å². The molecule has 1 aliphatic rings. The lowest BCUT2D eigenvalue weighted by Gasteiger charge is -2.44. The first kappa shape index (κ1) is 8.72. The predicted molar refractivity (Wildman–Crippen MR) is 43.4 cm³/mol. The monoisotopic (exact) mass is 156 g/mol. The van der Waals surface area contributed by atoms with Crippen molar-refractivity contribution in [3.63, 3.8) is 0 Å². The fourth-order valence-corrected chi connectivity index (χ4v) is 1.54. The third-order valence-electron chi connectivity index (χ3n) is 2.82. The maximum atomic E-state index is 11.2. The minimum Gasteiger partial charge on any atom is -0.377 e. The van der Waals surface area contributed by atoms with Crippen molar-refractivity contribution < 1.29 is 9.53 Å². The van der Waals surface area contributed by atoms with Gasteiger partial charge in [-0.05, 0) is 13.3 Å². The van der Waals surface area contributed by atoms with Gasteiger partial charge in [0.25, 0.3) is 0 Å². The molecule has 1 aliphatic carbocycles. The van der Waals surface area contributed by atoms with Crippen LogP contribution < -0.4 is 0 Å². The minimum atomic E-state index is -0.171. The van der Waals surface area contributed by atoms with E-state index in [2.05, 4.69) is 0 Å². The Morgan fingerprint density at radius 3 is 2.64 bits per heavy atom. The molecule has 0 radical (unpaired) electrons. The van der Waals surface area contributed by atoms with Crippen LogP contribution in [0.25, 0.3) is 0 Å². The molecular weight excluding hydrogens is 140 g/mol. The lowest BCUT2D eigenvalue weighted by Crippen LogP contribution is -2.52. The van der Waals surface area contributed by atoms with Gasteiger partial charge in [0.2, 0.25) is 0 Å². The average molecular weight is 156 g/mol. The van der Waals surface area contributed by atoms with Gasteiger partial charge in [-0.3, -0.25) is 4.79 Å². The molecule has 1 rings (SSSR count). The fraction of sp³-hybridized carbons (Fsp3) is 0.889. The van der Waals surface area contributed by atoms with Crippen LogP contribution in [0.4, 0.5) is 0 Å². The van der Waals surface area contributed by atoms with Crippen LogP contribution in [0.15, 0.2) is 0 Å². The number of ketones is 1. The van der Waals surface area contributed by atoms with Crippen LogP contribution in [0, 0.1) is 5.41 Å². The zero-order valence-electron chi connectivity index (χ0n) is 7.52. The summed E-state index contributed by atoms with van der Waals surface area (Å²) in [4.78, 5) is 11.2. The van der Waals surface area contributed by atoms with Crippen LogP contribution in [-0.2, 0) is 9.53 Å². The molecule has 2 heteroatoms. The summed E-state index contributed by atoms with van der Waals surface area (Å²) in [5.74, 6) is 0.360. The van der Waals surface area contributed by atoms with Gasteiger partial charge in [0.1, 0.15) is 5.78 Å². The van der Waals surface area contributed by atoms with Crippen molar-refractivity contribution in [3.8, 4) is 0 Å². The van der Waals surface area contributed by atoms with Crippen molar-refractivity contribution in [1.29, 1.82) is 0 Å². The summed E-state index contributed by atoms with van der Waals surface area (Å²) < 4.78 is 5.43. The highest BCUT2D eigenvalue weighted by Crippen LogP contribution is 2.41. The smallest absolute Gasteiger partial charge is 0.143 e. The van der Waals surface area contributed by atoms with E-state index in [0.717, 1.165) is 6.42 Å². The fourth-order valence-electron chi connectivity index (χ4n) is 1.54. The molecule has 0 bridgehead atoms. The second-order valence-corrected chi connectivity index (χ2v) is 3.34. The summed E-state index contributed by atoms with van der Waals surface area (Å²) >= 11 is 0. The molecule has 2 atom stereocenters. The zero-order chi connectivity index (χ0) is 8.48. The first-order valence-corrected chi connectivity index (χ1v) is 4.30. The summed E-state index contributed by atoms with van der Waals surface area (Å²) in [5.41, 5.74) is -0.171. The van der Waals surface area contributed by atoms with Crippen LogP contribution >= 0.6 is 0 Å². The van der Waals surface area contributed by atoms with Crippen molar-refractivity contribution in [2.45, 2.75) is 39.7 Å². The van der Waals surface area contributed by atoms with Crippen molar-refractivity contribution >= 4 is 5.78 Å². The van der Waals surface area contributed by atoms with Gasteiger partial charge in [-0.2, -0.15) is 0 Å². The maximum Gasteiger partial charge on any atom is 0.143 e. The maximum absolute atomic E-state index is 11.2. The quantitative estimate of drug-likeness (QED) is 0.622. The summed E-state index contributed by atoms with van der Waals surface area (Å²) in [6, 6.07) is 0. The van der Waals surface area contributed by atoms with Gasteiger partial charge in [-0.15, -0.1) is 0 Å². The molecule has 1 fully saturated rings. The molecule has 2 unspecified atom stereocenters. The lowest BCUT2D eigenvalue weighted by atomic mass is 9.64. The third-order valence-corrected chi connectivity index (χ3v) is 2.82. The van der Waals surface area contributed by atoms with Gasteiger partial charge in [-0.25, -0.2) is 0 Å². The van der Waals surface area contributed by atoms with E-state index in [4.69, 9.17) is 4.74 Å². The van der Waals surface area contributed by atoms with Crippen molar-refractivity contribution in [2.75, 3.05) is 6.61 Å². The minimum absolute atomic E-state index is 0.171. The van der Waals surface area contributed by atoms with E-state index in [1.165, 1.54) is 0 Å².